The Balaban J connectivity index is 2.30. The van der Waals surface area contributed by atoms with Gasteiger partial charge in [-0.05, 0) is 12.1 Å². The smallest absolute Gasteiger partial charge is 0.153 e. The van der Waals surface area contributed by atoms with Crippen molar-refractivity contribution in [2.45, 2.75) is 0 Å². The van der Waals surface area contributed by atoms with Crippen LogP contribution in [0.4, 0.5) is 10.1 Å². The molecule has 82 valence electrons. The highest BCUT2D eigenvalue weighted by atomic mass is 35.5. The number of rotatable bonds is 2. The molecule has 0 aliphatic carbocycles. The molecule has 0 aliphatic rings. The Hall–Kier alpha value is -1.81. The van der Waals surface area contributed by atoms with Crippen LogP contribution in [-0.2, 0) is 0 Å². The largest absolute Gasteiger partial charge is 0.453 e. The maximum Gasteiger partial charge on any atom is 0.153 e. The first-order valence-electron chi connectivity index (χ1n) is 4.48. The number of halogens is 2. The summed E-state index contributed by atoms with van der Waals surface area (Å²) in [7, 11) is 0. The van der Waals surface area contributed by atoms with Gasteiger partial charge in [0.2, 0.25) is 0 Å². The van der Waals surface area contributed by atoms with Crippen LogP contribution in [0.15, 0.2) is 36.7 Å². The van der Waals surface area contributed by atoms with E-state index in [1.54, 1.807) is 6.07 Å². The Morgan fingerprint density at radius 3 is 2.81 bits per heavy atom. The van der Waals surface area contributed by atoms with Crippen LogP contribution in [-0.4, -0.2) is 4.98 Å². The third kappa shape index (κ3) is 2.41. The van der Waals surface area contributed by atoms with Gasteiger partial charge in [-0.1, -0.05) is 11.6 Å². The molecule has 16 heavy (non-hydrogen) atoms. The van der Waals surface area contributed by atoms with E-state index >= 15 is 0 Å². The molecule has 2 rings (SSSR count). The van der Waals surface area contributed by atoms with E-state index in [1.807, 2.05) is 0 Å². The van der Waals surface area contributed by atoms with E-state index in [-0.39, 0.29) is 5.75 Å². The summed E-state index contributed by atoms with van der Waals surface area (Å²) in [6.45, 7) is 0. The van der Waals surface area contributed by atoms with Gasteiger partial charge in [0, 0.05) is 18.3 Å². The molecule has 3 nitrogen and oxygen atoms in total. The highest BCUT2D eigenvalue weighted by Gasteiger charge is 2.04. The van der Waals surface area contributed by atoms with Gasteiger partial charge in [-0.15, -0.1) is 0 Å². The number of aromatic nitrogens is 1. The second-order valence-electron chi connectivity index (χ2n) is 3.12. The molecule has 0 unspecified atom stereocenters. The average Bonchev–Trinajstić information content (AvgIpc) is 2.24. The van der Waals surface area contributed by atoms with Crippen LogP contribution in [0.25, 0.3) is 0 Å². The van der Waals surface area contributed by atoms with Gasteiger partial charge in [-0.25, -0.2) is 4.39 Å². The summed E-state index contributed by atoms with van der Waals surface area (Å²) in [5, 5.41) is 0.437. The van der Waals surface area contributed by atoms with Crippen LogP contribution >= 0.6 is 11.6 Å². The SMILES string of the molecule is Nc1ccc(F)cc1Oc1cncc(Cl)c1. The molecular weight excluding hydrogens is 231 g/mol. The van der Waals surface area contributed by atoms with Crippen molar-refractivity contribution in [2.24, 2.45) is 0 Å². The molecule has 0 aliphatic heterocycles. The Bertz CT molecular complexity index is 519. The minimum atomic E-state index is -0.417. The molecule has 2 aromatic rings. The zero-order valence-electron chi connectivity index (χ0n) is 8.15. The van der Waals surface area contributed by atoms with Crippen molar-refractivity contribution in [3.8, 4) is 11.5 Å². The maximum absolute atomic E-state index is 13.0. The average molecular weight is 239 g/mol. The Labute approximate surface area is 96.6 Å². The highest BCUT2D eigenvalue weighted by Crippen LogP contribution is 2.28. The fraction of sp³-hybridized carbons (Fsp3) is 0. The number of hydrogen-bond donors (Lipinski definition) is 1. The van der Waals surface area contributed by atoms with Gasteiger partial charge in [-0.2, -0.15) is 0 Å². The number of benzene rings is 1. The summed E-state index contributed by atoms with van der Waals surface area (Å²) in [5.41, 5.74) is 5.98. The molecule has 1 heterocycles. The van der Waals surface area contributed by atoms with Crippen molar-refractivity contribution in [2.75, 3.05) is 5.73 Å². The lowest BCUT2D eigenvalue weighted by Gasteiger charge is -2.07. The van der Waals surface area contributed by atoms with Gasteiger partial charge in [0.1, 0.15) is 11.6 Å². The predicted octanol–water partition coefficient (Wildman–Crippen LogP) is 3.25. The number of anilines is 1. The van der Waals surface area contributed by atoms with Crippen molar-refractivity contribution < 1.29 is 9.13 Å². The monoisotopic (exact) mass is 238 g/mol. The third-order valence-corrected chi connectivity index (χ3v) is 2.09. The number of nitrogens with two attached hydrogens (primary N) is 1. The molecule has 0 atom stereocenters. The summed E-state index contributed by atoms with van der Waals surface area (Å²) in [5.74, 6) is 0.230. The van der Waals surface area contributed by atoms with Gasteiger partial charge in [0.05, 0.1) is 16.9 Å². The number of nitrogens with zero attached hydrogens (tertiary/aromatic N) is 1. The summed E-state index contributed by atoms with van der Waals surface area (Å²) in [4.78, 5) is 3.84. The standard InChI is InChI=1S/C11H8ClFN2O/c12-7-3-9(6-15-5-7)16-11-4-8(13)1-2-10(11)14/h1-6H,14H2. The second-order valence-corrected chi connectivity index (χ2v) is 3.56. The maximum atomic E-state index is 13.0. The molecule has 5 heteroatoms. The van der Waals surface area contributed by atoms with Crippen molar-refractivity contribution >= 4 is 17.3 Å². The van der Waals surface area contributed by atoms with Gasteiger partial charge < -0.3 is 10.5 Å². The zero-order chi connectivity index (χ0) is 11.5. The number of nitrogen functional groups attached to an aromatic ring is 1. The van der Waals surface area contributed by atoms with Crippen LogP contribution in [0.2, 0.25) is 5.02 Å². The summed E-state index contributed by atoms with van der Waals surface area (Å²) < 4.78 is 18.3. The van der Waals surface area contributed by atoms with Crippen LogP contribution in [0.1, 0.15) is 0 Å². The van der Waals surface area contributed by atoms with E-state index < -0.39 is 5.82 Å². The van der Waals surface area contributed by atoms with Crippen LogP contribution in [0.5, 0.6) is 11.5 Å². The third-order valence-electron chi connectivity index (χ3n) is 1.88. The van der Waals surface area contributed by atoms with Gasteiger partial charge in [0.25, 0.3) is 0 Å². The lowest BCUT2D eigenvalue weighted by molar-refractivity contribution is 0.477. The molecule has 0 saturated carbocycles. The van der Waals surface area contributed by atoms with Crippen molar-refractivity contribution in [1.82, 2.24) is 4.98 Å². The zero-order valence-corrected chi connectivity index (χ0v) is 8.91. The molecule has 1 aromatic heterocycles. The first kappa shape index (κ1) is 10.7. The molecular formula is C11H8ClFN2O. The fourth-order valence-corrected chi connectivity index (χ4v) is 1.34. The van der Waals surface area contributed by atoms with E-state index in [0.29, 0.717) is 16.5 Å². The number of pyridine rings is 1. The van der Waals surface area contributed by atoms with E-state index in [2.05, 4.69) is 4.98 Å². The second kappa shape index (κ2) is 4.37. The van der Waals surface area contributed by atoms with E-state index in [4.69, 9.17) is 22.1 Å². The van der Waals surface area contributed by atoms with Crippen molar-refractivity contribution in [3.05, 3.63) is 47.5 Å². The van der Waals surface area contributed by atoms with Crippen LogP contribution in [0, 0.1) is 5.82 Å². The first-order chi connectivity index (χ1) is 7.65. The quantitative estimate of drug-likeness (QED) is 0.817. The normalized spacial score (nSPS) is 10.1. The lowest BCUT2D eigenvalue weighted by atomic mass is 10.3. The molecule has 0 bridgehead atoms. The summed E-state index contributed by atoms with van der Waals surface area (Å²) >= 11 is 5.73. The van der Waals surface area contributed by atoms with Gasteiger partial charge in [-0.3, -0.25) is 4.98 Å². The predicted molar refractivity (Wildman–Crippen MR) is 60.1 cm³/mol. The molecule has 0 fully saturated rings. The van der Waals surface area contributed by atoms with Crippen LogP contribution < -0.4 is 10.5 Å². The Morgan fingerprint density at radius 1 is 1.25 bits per heavy atom. The lowest BCUT2D eigenvalue weighted by Crippen LogP contribution is -1.93. The fourth-order valence-electron chi connectivity index (χ4n) is 1.17. The molecule has 0 spiro atoms. The molecule has 1 aromatic carbocycles. The number of hydrogen-bond acceptors (Lipinski definition) is 3. The van der Waals surface area contributed by atoms with Crippen LogP contribution in [0.3, 0.4) is 0 Å². The molecule has 2 N–H and O–H groups in total. The Morgan fingerprint density at radius 2 is 2.06 bits per heavy atom. The summed E-state index contributed by atoms with van der Waals surface area (Å²) in [6, 6.07) is 5.47. The Kier molecular flexibility index (Phi) is 2.92. The summed E-state index contributed by atoms with van der Waals surface area (Å²) in [6.07, 6.45) is 2.94. The van der Waals surface area contributed by atoms with E-state index in [9.17, 15) is 4.39 Å². The minimum Gasteiger partial charge on any atom is -0.453 e. The van der Waals surface area contributed by atoms with Crippen molar-refractivity contribution in [3.63, 3.8) is 0 Å². The van der Waals surface area contributed by atoms with Gasteiger partial charge in [0.15, 0.2) is 5.75 Å². The first-order valence-corrected chi connectivity index (χ1v) is 4.86. The van der Waals surface area contributed by atoms with E-state index in [0.717, 1.165) is 0 Å². The number of ether oxygens (including phenoxy) is 1. The molecule has 0 amide bonds. The molecule has 0 radical (unpaired) electrons. The minimum absolute atomic E-state index is 0.240. The van der Waals surface area contributed by atoms with E-state index in [1.165, 1.54) is 30.6 Å². The van der Waals surface area contributed by atoms with Gasteiger partial charge >= 0.3 is 0 Å². The topological polar surface area (TPSA) is 48.1 Å². The highest BCUT2D eigenvalue weighted by molar-refractivity contribution is 6.30. The molecule has 0 saturated heterocycles. The van der Waals surface area contributed by atoms with Crippen molar-refractivity contribution in [1.29, 1.82) is 0 Å².